The lowest BCUT2D eigenvalue weighted by Crippen LogP contribution is -2.34. The van der Waals surface area contributed by atoms with Gasteiger partial charge >= 0.3 is 23.9 Å². The molecule has 0 spiro atoms. The fraction of sp³-hybridized carbons (Fsp3) is 0.792. The first-order valence-electron chi connectivity index (χ1n) is 24.9. The molecule has 0 aromatic rings. The van der Waals surface area contributed by atoms with Crippen LogP contribution in [0, 0.1) is 0 Å². The molecule has 0 bridgehead atoms. The Bertz CT molecular complexity index is 1310. The molecule has 8 N–H and O–H groups in total. The van der Waals surface area contributed by atoms with Crippen molar-refractivity contribution in [2.24, 2.45) is 0 Å². The Labute approximate surface area is 414 Å². The van der Waals surface area contributed by atoms with Crippen molar-refractivity contribution in [2.75, 3.05) is 13.1 Å². The molecule has 0 aliphatic rings. The van der Waals surface area contributed by atoms with Crippen LogP contribution in [-0.4, -0.2) is 106 Å². The van der Waals surface area contributed by atoms with E-state index in [1.165, 1.54) is 0 Å². The second kappa shape index (κ2) is 44.8. The van der Waals surface area contributed by atoms with Gasteiger partial charge in [-0.15, -0.1) is 0 Å². The Balaban J connectivity index is 4.08. The fourth-order valence-electron chi connectivity index (χ4n) is 7.14. The quantitative estimate of drug-likeness (QED) is 0.00545. The molecule has 0 aliphatic carbocycles. The molecule has 0 saturated carbocycles. The first-order chi connectivity index (χ1) is 32.9. The van der Waals surface area contributed by atoms with Gasteiger partial charge in [0.15, 0.2) is 0 Å². The number of amides is 2. The van der Waals surface area contributed by atoms with Gasteiger partial charge in [-0.05, 0) is 113 Å². The topological polar surface area (TPSA) is 268 Å². The Morgan fingerprint density at radius 2 is 0.853 bits per heavy atom. The highest BCUT2D eigenvalue weighted by Gasteiger charge is 2.27. The van der Waals surface area contributed by atoms with Gasteiger partial charge in [0.05, 0.1) is 12.2 Å². The van der Waals surface area contributed by atoms with E-state index in [9.17, 15) is 39.0 Å². The van der Waals surface area contributed by atoms with Crippen molar-refractivity contribution >= 4 is 59.2 Å². The number of unbranched alkanes of at least 4 members (excludes halogenated alkanes) is 14. The summed E-state index contributed by atoms with van der Waals surface area (Å²) in [5.41, 5.74) is 0. The van der Waals surface area contributed by atoms with E-state index in [4.69, 9.17) is 43.5 Å². The van der Waals surface area contributed by atoms with Crippen LogP contribution in [0.1, 0.15) is 194 Å². The molecule has 0 saturated heterocycles. The van der Waals surface area contributed by atoms with Gasteiger partial charge < -0.3 is 30.3 Å². The first-order valence-corrected chi connectivity index (χ1v) is 25.6. The zero-order valence-corrected chi connectivity index (χ0v) is 42.1. The van der Waals surface area contributed by atoms with Crippen LogP contribution in [-0.2, 0) is 48.0 Å². The Kier molecular flexibility index (Phi) is 42.6. The van der Waals surface area contributed by atoms with Crippen LogP contribution in [0.25, 0.3) is 0 Å². The van der Waals surface area contributed by atoms with Crippen LogP contribution in [0.5, 0.6) is 0 Å². The second-order valence-corrected chi connectivity index (χ2v) is 17.6. The van der Waals surface area contributed by atoms with E-state index in [1.807, 2.05) is 24.3 Å². The number of esters is 2. The van der Waals surface area contributed by atoms with E-state index in [0.29, 0.717) is 51.6 Å². The number of allylic oxidation sites excluding steroid dienone is 2. The summed E-state index contributed by atoms with van der Waals surface area (Å²) in [4.78, 5) is 83.9. The van der Waals surface area contributed by atoms with Gasteiger partial charge in [0.1, 0.15) is 24.3 Å². The van der Waals surface area contributed by atoms with E-state index < -0.39 is 60.4 Å². The van der Waals surface area contributed by atoms with Gasteiger partial charge in [-0.2, -0.15) is 10.5 Å². The lowest BCUT2D eigenvalue weighted by molar-refractivity contribution is -0.236. The third kappa shape index (κ3) is 35.7. The summed E-state index contributed by atoms with van der Waals surface area (Å²) in [5.74, 6) is -3.24. The van der Waals surface area contributed by atoms with Gasteiger partial charge in [-0.3, -0.25) is 29.0 Å². The third-order valence-electron chi connectivity index (χ3n) is 11.3. The molecule has 2 amide bonds. The Morgan fingerprint density at radius 1 is 0.485 bits per heavy atom. The molecule has 18 nitrogen and oxygen atoms in total. The summed E-state index contributed by atoms with van der Waals surface area (Å²) in [5, 5.41) is 44.3. The summed E-state index contributed by atoms with van der Waals surface area (Å²) in [6.07, 6.45) is 23.5. The maximum absolute atomic E-state index is 12.4. The smallest absolute Gasteiger partial charge is 0.360 e. The average molecular weight is 1010 g/mol. The van der Waals surface area contributed by atoms with Gasteiger partial charge in [-0.1, -0.05) is 102 Å². The van der Waals surface area contributed by atoms with Gasteiger partial charge in [0, 0.05) is 38.8 Å². The maximum Gasteiger partial charge on any atom is 0.360 e. The molecule has 6 unspecified atom stereocenters. The molecular formula is C48H84Cl2N4O14. The SMILES string of the molecule is CCCCCC(OC(=O)CCC(NCl)C(=O)OO)C(O)CC=CCCCCCCCC(=O)NCCNC(=O)CCCCCCCC=CCC(O)C(CCCCC)OC(=O)CCC(NCl)C(=O)OO. The number of ether oxygens (including phenoxy) is 2. The number of hydrogen-bond acceptors (Lipinski definition) is 16. The zero-order chi connectivity index (χ0) is 50.6. The van der Waals surface area contributed by atoms with Crippen LogP contribution < -0.4 is 20.3 Å². The summed E-state index contributed by atoms with van der Waals surface area (Å²) < 4.78 is 11.1. The molecule has 0 aliphatic heterocycles. The average Bonchev–Trinajstić information content (AvgIpc) is 3.33. The molecule has 68 heavy (non-hydrogen) atoms. The highest BCUT2D eigenvalue weighted by Crippen LogP contribution is 2.18. The fourth-order valence-corrected chi connectivity index (χ4v) is 7.54. The summed E-state index contributed by atoms with van der Waals surface area (Å²) >= 11 is 11.0. The molecule has 6 atom stereocenters. The van der Waals surface area contributed by atoms with Crippen LogP contribution >= 0.6 is 23.6 Å². The number of halogens is 2. The third-order valence-corrected chi connectivity index (χ3v) is 11.8. The van der Waals surface area contributed by atoms with Crippen molar-refractivity contribution in [3.63, 3.8) is 0 Å². The van der Waals surface area contributed by atoms with E-state index >= 15 is 0 Å². The molecule has 0 fully saturated rings. The lowest BCUT2D eigenvalue weighted by atomic mass is 10.0. The minimum atomic E-state index is -1.08. The number of carbonyl (C=O) groups excluding carboxylic acids is 6. The van der Waals surface area contributed by atoms with Gasteiger partial charge in [-0.25, -0.2) is 19.3 Å². The number of carbonyl (C=O) groups is 6. The summed E-state index contributed by atoms with van der Waals surface area (Å²) in [6.45, 7) is 4.89. The molecule has 0 radical (unpaired) electrons. The normalized spacial score (nSPS) is 14.2. The molecule has 0 rings (SSSR count). The largest absolute Gasteiger partial charge is 0.460 e. The van der Waals surface area contributed by atoms with E-state index in [2.05, 4.69) is 43.9 Å². The molecule has 20 heteroatoms. The van der Waals surface area contributed by atoms with E-state index in [0.717, 1.165) is 116 Å². The van der Waals surface area contributed by atoms with Gasteiger partial charge in [0.25, 0.3) is 0 Å². The predicted molar refractivity (Wildman–Crippen MR) is 260 cm³/mol. The van der Waals surface area contributed by atoms with Gasteiger partial charge in [0.2, 0.25) is 11.8 Å². The second-order valence-electron chi connectivity index (χ2n) is 17.1. The molecule has 0 aromatic carbocycles. The first kappa shape index (κ1) is 64.6. The van der Waals surface area contributed by atoms with E-state index in [-0.39, 0.29) is 37.5 Å². The minimum absolute atomic E-state index is 0.0286. The molecular weight excluding hydrogens is 927 g/mol. The van der Waals surface area contributed by atoms with Crippen molar-refractivity contribution in [3.05, 3.63) is 24.3 Å². The van der Waals surface area contributed by atoms with Crippen LogP contribution in [0.2, 0.25) is 0 Å². The highest BCUT2D eigenvalue weighted by molar-refractivity contribution is 6.15. The summed E-state index contributed by atoms with van der Waals surface area (Å²) in [7, 11) is 0. The van der Waals surface area contributed by atoms with Crippen molar-refractivity contribution < 1.29 is 68.7 Å². The minimum Gasteiger partial charge on any atom is -0.460 e. The van der Waals surface area contributed by atoms with Crippen molar-refractivity contribution in [3.8, 4) is 0 Å². The molecule has 394 valence electrons. The maximum atomic E-state index is 12.4. The van der Waals surface area contributed by atoms with Crippen LogP contribution in [0.3, 0.4) is 0 Å². The standard InChI is InChI=1S/C48H84Cl2N4O14/c1-3-5-19-27-41(65-45(59)33-31-37(53-49)47(61)67-63)39(55)25-21-15-11-7-9-13-17-23-29-43(57)51-35-36-52-44(58)30-24-18-14-10-8-12-16-22-26-40(56)42(28-20-6-4-2)66-46(60)34-32-38(54-50)48(62)68-64/h15-16,21-22,37-42,53-56,63-64H,3-14,17-20,23-36H2,1-2H3,(H,51,57)(H,52,58). The van der Waals surface area contributed by atoms with Crippen LogP contribution in [0.15, 0.2) is 24.3 Å². The van der Waals surface area contributed by atoms with Crippen molar-refractivity contribution in [2.45, 2.75) is 230 Å². The highest BCUT2D eigenvalue weighted by atomic mass is 35.5. The van der Waals surface area contributed by atoms with Crippen molar-refractivity contribution in [1.29, 1.82) is 0 Å². The monoisotopic (exact) mass is 1010 g/mol. The number of aliphatic hydroxyl groups excluding tert-OH is 2. The number of rotatable bonds is 45. The summed E-state index contributed by atoms with van der Waals surface area (Å²) in [6, 6.07) is -2.15. The van der Waals surface area contributed by atoms with E-state index in [1.54, 1.807) is 0 Å². The molecule has 0 aromatic heterocycles. The number of nitrogens with one attached hydrogen (secondary N) is 4. The predicted octanol–water partition coefficient (Wildman–Crippen LogP) is 8.10. The number of hydrogen-bond donors (Lipinski definition) is 8. The Morgan fingerprint density at radius 3 is 1.21 bits per heavy atom. The zero-order valence-electron chi connectivity index (χ0n) is 40.6. The number of aliphatic hydroxyl groups is 2. The Hall–Kier alpha value is -3.36. The lowest BCUT2D eigenvalue weighted by Gasteiger charge is -2.23. The molecule has 0 heterocycles. The van der Waals surface area contributed by atoms with Crippen LogP contribution in [0.4, 0.5) is 0 Å². The van der Waals surface area contributed by atoms with Crippen molar-refractivity contribution in [1.82, 2.24) is 20.3 Å².